The molecule has 0 spiro atoms. The number of aryl methyl sites for hydroxylation is 1. The van der Waals surface area contributed by atoms with E-state index in [0.29, 0.717) is 17.7 Å². The summed E-state index contributed by atoms with van der Waals surface area (Å²) in [4.78, 5) is 24.9. The van der Waals surface area contributed by atoms with Crippen LogP contribution in [0.4, 0.5) is 5.69 Å². The molecule has 31 heavy (non-hydrogen) atoms. The Bertz CT molecular complexity index is 1020. The number of benzene rings is 1. The van der Waals surface area contributed by atoms with Crippen molar-refractivity contribution in [2.45, 2.75) is 77.9 Å². The summed E-state index contributed by atoms with van der Waals surface area (Å²) in [5, 5.41) is 18.0. The molecule has 1 fully saturated rings. The number of aliphatic hydroxyl groups is 1. The van der Waals surface area contributed by atoms with Gasteiger partial charge in [-0.15, -0.1) is 0 Å². The van der Waals surface area contributed by atoms with Crippen LogP contribution in [0.15, 0.2) is 18.2 Å². The van der Waals surface area contributed by atoms with Crippen molar-refractivity contribution >= 4 is 17.4 Å². The molecule has 1 atom stereocenters. The highest BCUT2D eigenvalue weighted by atomic mass is 16.3. The van der Waals surface area contributed by atoms with Crippen molar-refractivity contribution in [3.63, 3.8) is 0 Å². The largest absolute Gasteiger partial charge is 0.393 e. The molecule has 4 N–H and O–H groups in total. The topological polar surface area (TPSA) is 110 Å². The number of rotatable bonds is 5. The number of ketones is 1. The van der Waals surface area contributed by atoms with E-state index >= 15 is 0 Å². The van der Waals surface area contributed by atoms with Crippen molar-refractivity contribution in [2.24, 2.45) is 11.1 Å². The fourth-order valence-electron chi connectivity index (χ4n) is 4.95. The van der Waals surface area contributed by atoms with Gasteiger partial charge in [0.05, 0.1) is 34.3 Å². The monoisotopic (exact) mass is 424 g/mol. The van der Waals surface area contributed by atoms with Gasteiger partial charge >= 0.3 is 0 Å². The van der Waals surface area contributed by atoms with E-state index in [1.54, 1.807) is 6.07 Å². The Morgan fingerprint density at radius 2 is 2.00 bits per heavy atom. The molecule has 1 saturated carbocycles. The second-order valence-electron chi connectivity index (χ2n) is 9.50. The van der Waals surface area contributed by atoms with Crippen LogP contribution >= 0.6 is 0 Å². The van der Waals surface area contributed by atoms with Crippen LogP contribution in [0.5, 0.6) is 0 Å². The molecule has 0 radical (unpaired) electrons. The highest BCUT2D eigenvalue weighted by Crippen LogP contribution is 2.40. The highest BCUT2D eigenvalue weighted by Gasteiger charge is 2.37. The number of nitrogens with one attached hydrogen (secondary N) is 1. The van der Waals surface area contributed by atoms with Crippen LogP contribution in [0.25, 0.3) is 5.69 Å². The van der Waals surface area contributed by atoms with Gasteiger partial charge in [0.25, 0.3) is 5.91 Å². The van der Waals surface area contributed by atoms with E-state index in [1.165, 1.54) is 0 Å². The van der Waals surface area contributed by atoms with E-state index in [2.05, 4.69) is 19.2 Å². The summed E-state index contributed by atoms with van der Waals surface area (Å²) < 4.78 is 1.86. The smallest absolute Gasteiger partial charge is 0.250 e. The number of carbonyl (C=O) groups excluding carboxylic acids is 2. The standard InChI is InChI=1S/C24H32N4O3/c1-4-24(3)12-20-22(21(30)13-24)14(2)27-28(20)16-7-10-18(23(25)31)19(11-16)26-15-5-8-17(29)9-6-15/h7,10-11,15,17,26,29H,4-6,8-9,12-13H2,1-3H3,(H2,25,31)/t15-,17-,24?. The zero-order valence-electron chi connectivity index (χ0n) is 18.6. The maximum Gasteiger partial charge on any atom is 0.250 e. The van der Waals surface area contributed by atoms with Gasteiger partial charge in [-0.2, -0.15) is 5.10 Å². The molecule has 7 nitrogen and oxygen atoms in total. The van der Waals surface area contributed by atoms with Crippen molar-refractivity contribution in [2.75, 3.05) is 5.32 Å². The first-order chi connectivity index (χ1) is 14.7. The van der Waals surface area contributed by atoms with Crippen LogP contribution in [0.2, 0.25) is 0 Å². The minimum atomic E-state index is -0.489. The second kappa shape index (κ2) is 8.11. The summed E-state index contributed by atoms with van der Waals surface area (Å²) in [5.74, 6) is -0.334. The average Bonchev–Trinajstić information content (AvgIpc) is 3.05. The van der Waals surface area contributed by atoms with Gasteiger partial charge in [-0.25, -0.2) is 4.68 Å². The van der Waals surface area contributed by atoms with E-state index in [9.17, 15) is 14.7 Å². The summed E-state index contributed by atoms with van der Waals surface area (Å²) in [6.07, 6.45) is 5.16. The number of hydrogen-bond donors (Lipinski definition) is 3. The molecule has 1 aromatic carbocycles. The zero-order valence-corrected chi connectivity index (χ0v) is 18.6. The quantitative estimate of drug-likeness (QED) is 0.680. The summed E-state index contributed by atoms with van der Waals surface area (Å²) in [5.41, 5.74) is 9.89. The zero-order chi connectivity index (χ0) is 22.3. The van der Waals surface area contributed by atoms with Crippen LogP contribution in [0.1, 0.15) is 84.5 Å². The second-order valence-corrected chi connectivity index (χ2v) is 9.50. The number of carbonyl (C=O) groups is 2. The van der Waals surface area contributed by atoms with Gasteiger partial charge in [0.2, 0.25) is 0 Å². The Kier molecular flexibility index (Phi) is 5.64. The molecule has 2 aliphatic carbocycles. The Hall–Kier alpha value is -2.67. The first kappa shape index (κ1) is 21.6. The van der Waals surface area contributed by atoms with Crippen LogP contribution in [-0.4, -0.2) is 38.7 Å². The number of anilines is 1. The Morgan fingerprint density at radius 3 is 2.65 bits per heavy atom. The van der Waals surface area contributed by atoms with Crippen molar-refractivity contribution in [1.82, 2.24) is 9.78 Å². The lowest BCUT2D eigenvalue weighted by Gasteiger charge is -2.32. The molecule has 0 saturated heterocycles. The summed E-state index contributed by atoms with van der Waals surface area (Å²) in [6.45, 7) is 6.16. The Labute approximate surface area is 183 Å². The van der Waals surface area contributed by atoms with Gasteiger partial charge in [-0.05, 0) is 69.1 Å². The Morgan fingerprint density at radius 1 is 1.29 bits per heavy atom. The lowest BCUT2D eigenvalue weighted by molar-refractivity contribution is 0.0892. The highest BCUT2D eigenvalue weighted by molar-refractivity contribution is 6.00. The number of nitrogens with zero attached hydrogens (tertiary/aromatic N) is 2. The third kappa shape index (κ3) is 4.11. The number of hydrogen-bond acceptors (Lipinski definition) is 5. The third-order valence-corrected chi connectivity index (χ3v) is 7.04. The lowest BCUT2D eigenvalue weighted by atomic mass is 9.72. The summed E-state index contributed by atoms with van der Waals surface area (Å²) >= 11 is 0. The first-order valence-corrected chi connectivity index (χ1v) is 11.2. The van der Waals surface area contributed by atoms with Crippen LogP contribution in [0, 0.1) is 12.3 Å². The molecule has 1 amide bonds. The minimum Gasteiger partial charge on any atom is -0.393 e. The fraction of sp³-hybridized carbons (Fsp3) is 0.542. The van der Waals surface area contributed by atoms with Crippen LogP contribution in [0.3, 0.4) is 0 Å². The lowest BCUT2D eigenvalue weighted by Crippen LogP contribution is -2.30. The number of nitrogens with two attached hydrogens (primary N) is 1. The van der Waals surface area contributed by atoms with E-state index in [-0.39, 0.29) is 23.3 Å². The van der Waals surface area contributed by atoms with Crippen molar-refractivity contribution in [1.29, 1.82) is 0 Å². The van der Waals surface area contributed by atoms with E-state index in [4.69, 9.17) is 10.8 Å². The molecule has 2 aromatic rings. The predicted molar refractivity (Wildman–Crippen MR) is 120 cm³/mol. The van der Waals surface area contributed by atoms with Gasteiger partial charge in [0.15, 0.2) is 5.78 Å². The number of amides is 1. The fourth-order valence-corrected chi connectivity index (χ4v) is 4.95. The van der Waals surface area contributed by atoms with Gasteiger partial charge in [-0.3, -0.25) is 9.59 Å². The number of aliphatic hydroxyl groups excluding tert-OH is 1. The summed E-state index contributed by atoms with van der Waals surface area (Å²) in [7, 11) is 0. The molecule has 4 rings (SSSR count). The van der Waals surface area contributed by atoms with Crippen molar-refractivity contribution in [3.05, 3.63) is 40.7 Å². The predicted octanol–water partition coefficient (Wildman–Crippen LogP) is 3.54. The molecule has 1 heterocycles. The minimum absolute atomic E-state index is 0.0779. The van der Waals surface area contributed by atoms with Crippen LogP contribution < -0.4 is 11.1 Å². The number of primary amides is 1. The van der Waals surface area contributed by atoms with Gasteiger partial charge < -0.3 is 16.2 Å². The number of fused-ring (bicyclic) bond motifs is 1. The van der Waals surface area contributed by atoms with Gasteiger partial charge in [0, 0.05) is 18.2 Å². The van der Waals surface area contributed by atoms with E-state index < -0.39 is 5.91 Å². The molecule has 1 aromatic heterocycles. The SMILES string of the molecule is CCC1(C)CC(=O)c2c(C)nn(-c3ccc(C(N)=O)c(N[C@H]4CC[C@H](O)CC4)c3)c2C1. The number of aromatic nitrogens is 2. The Balaban J connectivity index is 1.73. The third-order valence-electron chi connectivity index (χ3n) is 7.04. The number of Topliss-reactive ketones (excluding diaryl/α,β-unsaturated/α-hetero) is 1. The molecule has 7 heteroatoms. The molecule has 2 aliphatic rings. The average molecular weight is 425 g/mol. The van der Waals surface area contributed by atoms with Crippen molar-refractivity contribution < 1.29 is 14.7 Å². The van der Waals surface area contributed by atoms with Crippen molar-refractivity contribution in [3.8, 4) is 5.69 Å². The van der Waals surface area contributed by atoms with Gasteiger partial charge in [-0.1, -0.05) is 13.8 Å². The molecule has 166 valence electrons. The molecule has 0 bridgehead atoms. The molecule has 1 unspecified atom stereocenters. The maximum absolute atomic E-state index is 12.9. The normalized spacial score (nSPS) is 25.9. The molecule has 0 aliphatic heterocycles. The van der Waals surface area contributed by atoms with Gasteiger partial charge in [0.1, 0.15) is 0 Å². The summed E-state index contributed by atoms with van der Waals surface area (Å²) in [6, 6.07) is 5.64. The molecular formula is C24H32N4O3. The maximum atomic E-state index is 12.9. The van der Waals surface area contributed by atoms with E-state index in [1.807, 2.05) is 23.7 Å². The first-order valence-electron chi connectivity index (χ1n) is 11.2. The van der Waals surface area contributed by atoms with Crippen LogP contribution in [-0.2, 0) is 6.42 Å². The molecular weight excluding hydrogens is 392 g/mol. The van der Waals surface area contributed by atoms with E-state index in [0.717, 1.165) is 61.2 Å².